The number of benzene rings is 1. The Bertz CT molecular complexity index is 610. The molecule has 0 aliphatic heterocycles. The predicted molar refractivity (Wildman–Crippen MR) is 66.9 cm³/mol. The quantitative estimate of drug-likeness (QED) is 0.895. The zero-order chi connectivity index (χ0) is 13.0. The Morgan fingerprint density at radius 3 is 3.11 bits per heavy atom. The molecular weight excluding hydrogens is 230 g/mol. The lowest BCUT2D eigenvalue weighted by atomic mass is 10.3. The molecule has 1 heterocycles. The molecule has 5 nitrogen and oxygen atoms in total. The van der Waals surface area contributed by atoms with Gasteiger partial charge in [0, 0.05) is 18.2 Å². The fraction of sp³-hybridized carbons (Fsp3) is 0.308. The van der Waals surface area contributed by atoms with Crippen molar-refractivity contribution >= 4 is 22.7 Å². The van der Waals surface area contributed by atoms with Crippen LogP contribution in [0.25, 0.3) is 11.1 Å². The Balaban J connectivity index is 2.21. The molecule has 2 rings (SSSR count). The highest BCUT2D eigenvalue weighted by atomic mass is 16.3. The van der Waals surface area contributed by atoms with Crippen molar-refractivity contribution in [1.29, 1.82) is 5.26 Å². The molecule has 92 valence electrons. The van der Waals surface area contributed by atoms with Gasteiger partial charge in [0.25, 0.3) is 0 Å². The summed E-state index contributed by atoms with van der Waals surface area (Å²) in [5.41, 5.74) is 2.03. The summed E-state index contributed by atoms with van der Waals surface area (Å²) in [6.45, 7) is 2.06. The van der Waals surface area contributed by atoms with Crippen LogP contribution in [0.4, 0.5) is 5.69 Å². The number of anilines is 1. The molecule has 2 aromatic rings. The number of aryl methyl sites for hydroxylation is 1. The molecule has 0 fully saturated rings. The maximum Gasteiger partial charge on any atom is 0.238 e. The van der Waals surface area contributed by atoms with Crippen molar-refractivity contribution in [3.8, 4) is 6.07 Å². The van der Waals surface area contributed by atoms with E-state index in [1.807, 2.05) is 0 Å². The number of hydrogen-bond acceptors (Lipinski definition) is 4. The molecule has 18 heavy (non-hydrogen) atoms. The molecule has 1 amide bonds. The molecule has 0 spiro atoms. The molecule has 0 radical (unpaired) electrons. The lowest BCUT2D eigenvalue weighted by molar-refractivity contribution is -0.115. The summed E-state index contributed by atoms with van der Waals surface area (Å²) in [5, 5.41) is 11.0. The minimum atomic E-state index is -0.329. The van der Waals surface area contributed by atoms with Crippen molar-refractivity contribution in [2.75, 3.05) is 5.32 Å². The monoisotopic (exact) mass is 243 g/mol. The lowest BCUT2D eigenvalue weighted by Gasteiger charge is -2.00. The molecular formula is C13H13N3O2. The highest BCUT2D eigenvalue weighted by Crippen LogP contribution is 2.20. The maximum atomic E-state index is 11.3. The molecule has 0 unspecified atom stereocenters. The molecule has 1 aromatic carbocycles. The van der Waals surface area contributed by atoms with Gasteiger partial charge in [0.1, 0.15) is 11.9 Å². The third kappa shape index (κ3) is 2.66. The van der Waals surface area contributed by atoms with Crippen molar-refractivity contribution in [2.45, 2.75) is 26.2 Å². The number of aromatic nitrogens is 1. The van der Waals surface area contributed by atoms with E-state index in [4.69, 9.17) is 9.68 Å². The molecule has 1 N–H and O–H groups in total. The van der Waals surface area contributed by atoms with E-state index in [1.165, 1.54) is 0 Å². The highest BCUT2D eigenvalue weighted by Gasteiger charge is 2.07. The summed E-state index contributed by atoms with van der Waals surface area (Å²) in [7, 11) is 0. The van der Waals surface area contributed by atoms with Crippen LogP contribution in [0.1, 0.15) is 25.7 Å². The van der Waals surface area contributed by atoms with Gasteiger partial charge < -0.3 is 9.73 Å². The number of carbonyl (C=O) groups is 1. The molecule has 0 atom stereocenters. The number of fused-ring (bicyclic) bond motifs is 1. The first kappa shape index (κ1) is 12.1. The van der Waals surface area contributed by atoms with E-state index in [9.17, 15) is 4.79 Å². The summed E-state index contributed by atoms with van der Waals surface area (Å²) in [6, 6.07) is 7.05. The van der Waals surface area contributed by atoms with Gasteiger partial charge in [-0.25, -0.2) is 4.98 Å². The van der Waals surface area contributed by atoms with E-state index >= 15 is 0 Å². The Morgan fingerprint density at radius 2 is 2.39 bits per heavy atom. The van der Waals surface area contributed by atoms with Crippen molar-refractivity contribution in [3.63, 3.8) is 0 Å². The van der Waals surface area contributed by atoms with Crippen molar-refractivity contribution in [3.05, 3.63) is 24.1 Å². The van der Waals surface area contributed by atoms with Crippen LogP contribution < -0.4 is 5.32 Å². The van der Waals surface area contributed by atoms with Gasteiger partial charge in [0.2, 0.25) is 5.91 Å². The fourth-order valence-corrected chi connectivity index (χ4v) is 1.65. The zero-order valence-corrected chi connectivity index (χ0v) is 10.1. The third-order valence-corrected chi connectivity index (χ3v) is 2.42. The maximum absolute atomic E-state index is 11.3. The van der Waals surface area contributed by atoms with Crippen LogP contribution in [0.3, 0.4) is 0 Å². The van der Waals surface area contributed by atoms with E-state index in [-0.39, 0.29) is 12.3 Å². The number of amides is 1. The van der Waals surface area contributed by atoms with Gasteiger partial charge in [-0.3, -0.25) is 4.79 Å². The van der Waals surface area contributed by atoms with Crippen LogP contribution in [-0.2, 0) is 11.2 Å². The predicted octanol–water partition coefficient (Wildman–Crippen LogP) is 2.63. The van der Waals surface area contributed by atoms with Gasteiger partial charge >= 0.3 is 0 Å². The molecule has 5 heteroatoms. The number of nitrogens with zero attached hydrogens (tertiary/aromatic N) is 2. The van der Waals surface area contributed by atoms with E-state index in [2.05, 4.69) is 17.2 Å². The molecule has 0 saturated carbocycles. The highest BCUT2D eigenvalue weighted by molar-refractivity contribution is 5.93. The summed E-state index contributed by atoms with van der Waals surface area (Å²) < 4.78 is 5.56. The topological polar surface area (TPSA) is 78.9 Å². The number of rotatable bonds is 4. The van der Waals surface area contributed by atoms with Gasteiger partial charge in [-0.05, 0) is 18.6 Å². The Morgan fingerprint density at radius 1 is 1.56 bits per heavy atom. The molecule has 0 bridgehead atoms. The van der Waals surface area contributed by atoms with Gasteiger partial charge in [-0.1, -0.05) is 6.92 Å². The largest absolute Gasteiger partial charge is 0.441 e. The molecule has 1 aromatic heterocycles. The molecule has 0 aliphatic rings. The molecule has 0 saturated heterocycles. The Labute approximate surface area is 104 Å². The number of carbonyl (C=O) groups excluding carboxylic acids is 1. The van der Waals surface area contributed by atoms with Crippen LogP contribution in [0, 0.1) is 11.3 Å². The minimum Gasteiger partial charge on any atom is -0.441 e. The second-order valence-corrected chi connectivity index (χ2v) is 3.92. The SMILES string of the molecule is CCCc1nc2ccc(NC(=O)CC#N)cc2o1. The normalized spacial score (nSPS) is 10.2. The standard InChI is InChI=1S/C13H13N3O2/c1-2-3-13-16-10-5-4-9(8-11(10)18-13)15-12(17)6-7-14/h4-5,8H,2-3,6H2,1H3,(H,15,17). The second-order valence-electron chi connectivity index (χ2n) is 3.92. The summed E-state index contributed by atoms with van der Waals surface area (Å²) in [6.07, 6.45) is 1.61. The van der Waals surface area contributed by atoms with Gasteiger partial charge in [0.05, 0.1) is 6.07 Å². The molecule has 0 aliphatic carbocycles. The Hall–Kier alpha value is -2.35. The second kappa shape index (κ2) is 5.32. The lowest BCUT2D eigenvalue weighted by Crippen LogP contribution is -2.09. The van der Waals surface area contributed by atoms with Gasteiger partial charge in [-0.15, -0.1) is 0 Å². The smallest absolute Gasteiger partial charge is 0.238 e. The minimum absolute atomic E-state index is 0.157. The number of nitrogens with one attached hydrogen (secondary N) is 1. The summed E-state index contributed by atoms with van der Waals surface area (Å²) >= 11 is 0. The summed E-state index contributed by atoms with van der Waals surface area (Å²) in [4.78, 5) is 15.6. The van der Waals surface area contributed by atoms with Crippen molar-refractivity contribution in [2.24, 2.45) is 0 Å². The first-order valence-electron chi connectivity index (χ1n) is 5.79. The summed E-state index contributed by atoms with van der Waals surface area (Å²) in [5.74, 6) is 0.373. The van der Waals surface area contributed by atoms with E-state index in [0.717, 1.165) is 18.4 Å². The average molecular weight is 243 g/mol. The van der Waals surface area contributed by atoms with Crippen molar-refractivity contribution < 1.29 is 9.21 Å². The van der Waals surface area contributed by atoms with Crippen LogP contribution in [0.15, 0.2) is 22.6 Å². The van der Waals surface area contributed by atoms with Crippen LogP contribution in [0.2, 0.25) is 0 Å². The van der Waals surface area contributed by atoms with Crippen molar-refractivity contribution in [1.82, 2.24) is 4.98 Å². The van der Waals surface area contributed by atoms with E-state index in [0.29, 0.717) is 17.2 Å². The average Bonchev–Trinajstić information content (AvgIpc) is 2.71. The van der Waals surface area contributed by atoms with Crippen LogP contribution >= 0.6 is 0 Å². The van der Waals surface area contributed by atoms with E-state index < -0.39 is 0 Å². The first-order chi connectivity index (χ1) is 8.72. The number of hydrogen-bond donors (Lipinski definition) is 1. The fourth-order valence-electron chi connectivity index (χ4n) is 1.65. The van der Waals surface area contributed by atoms with E-state index in [1.54, 1.807) is 24.3 Å². The van der Waals surface area contributed by atoms with Crippen LogP contribution in [0.5, 0.6) is 0 Å². The number of oxazole rings is 1. The third-order valence-electron chi connectivity index (χ3n) is 2.42. The van der Waals surface area contributed by atoms with Gasteiger partial charge in [-0.2, -0.15) is 5.26 Å². The van der Waals surface area contributed by atoms with Gasteiger partial charge in [0.15, 0.2) is 11.5 Å². The Kier molecular flexibility index (Phi) is 3.58. The number of nitriles is 1. The first-order valence-corrected chi connectivity index (χ1v) is 5.79. The van der Waals surface area contributed by atoms with Crippen LogP contribution in [-0.4, -0.2) is 10.9 Å². The zero-order valence-electron chi connectivity index (χ0n) is 10.1.